The van der Waals surface area contributed by atoms with Crippen molar-refractivity contribution in [1.29, 1.82) is 0 Å². The van der Waals surface area contributed by atoms with Gasteiger partial charge in [0.15, 0.2) is 6.10 Å². The molecular weight excluding hydrogens is 436 g/mol. The van der Waals surface area contributed by atoms with Crippen LogP contribution in [0.25, 0.3) is 11.3 Å². The Morgan fingerprint density at radius 2 is 1.62 bits per heavy atom. The number of nitrogens with zero attached hydrogens (tertiary/aromatic N) is 2. The van der Waals surface area contributed by atoms with Gasteiger partial charge in [-0.05, 0) is 43.7 Å². The van der Waals surface area contributed by atoms with Gasteiger partial charge in [0.1, 0.15) is 23.0 Å². The quantitative estimate of drug-likeness (QED) is 0.452. The number of hydrogen-bond donors (Lipinski definition) is 0. The predicted molar refractivity (Wildman–Crippen MR) is 128 cm³/mol. The number of aryl methyl sites for hydroxylation is 1. The second-order valence-electron chi connectivity index (χ2n) is 8.10. The van der Waals surface area contributed by atoms with E-state index in [4.69, 9.17) is 23.4 Å². The molecule has 3 aromatic rings. The molecule has 0 N–H and O–H groups in total. The van der Waals surface area contributed by atoms with Crippen molar-refractivity contribution in [3.05, 3.63) is 59.2 Å². The molecule has 1 aliphatic rings. The van der Waals surface area contributed by atoms with Crippen molar-refractivity contribution in [2.45, 2.75) is 20.0 Å². The average molecular weight is 467 g/mol. The molecule has 1 unspecified atom stereocenters. The van der Waals surface area contributed by atoms with E-state index in [1.165, 1.54) is 7.11 Å². The summed E-state index contributed by atoms with van der Waals surface area (Å²) in [5, 5.41) is 0. The summed E-state index contributed by atoms with van der Waals surface area (Å²) >= 11 is 0. The van der Waals surface area contributed by atoms with Gasteiger partial charge in [0.25, 0.3) is 11.7 Å². The second-order valence-corrected chi connectivity index (χ2v) is 8.10. The van der Waals surface area contributed by atoms with Crippen LogP contribution in [0.15, 0.2) is 40.8 Å². The molecule has 0 radical (unpaired) electrons. The van der Waals surface area contributed by atoms with Crippen molar-refractivity contribution in [1.82, 2.24) is 4.98 Å². The number of carbonyl (C=O) groups excluding carboxylic acids is 1. The third-order valence-corrected chi connectivity index (χ3v) is 6.08. The number of Topliss-reactive ketones (excluding diaryl/α,β-unsaturated/α-hetero) is 1. The van der Waals surface area contributed by atoms with Crippen molar-refractivity contribution in [3.8, 4) is 22.8 Å². The van der Waals surface area contributed by atoms with Crippen LogP contribution >= 0.6 is 0 Å². The summed E-state index contributed by atoms with van der Waals surface area (Å²) < 4.78 is 27.7. The van der Waals surface area contributed by atoms with Crippen LogP contribution in [0.1, 0.15) is 33.7 Å². The summed E-state index contributed by atoms with van der Waals surface area (Å²) in [6, 6.07) is 11.5. The smallest absolute Gasteiger partial charge is 0.267 e. The van der Waals surface area contributed by atoms with Crippen molar-refractivity contribution in [2.75, 3.05) is 52.5 Å². The Kier molecular flexibility index (Phi) is 7.19. The molecule has 4 rings (SSSR count). The number of aromatic nitrogens is 1. The van der Waals surface area contributed by atoms with E-state index in [0.29, 0.717) is 36.2 Å². The van der Waals surface area contributed by atoms with Gasteiger partial charge in [-0.2, -0.15) is 0 Å². The van der Waals surface area contributed by atoms with E-state index >= 15 is 0 Å². The summed E-state index contributed by atoms with van der Waals surface area (Å²) in [7, 11) is 4.71. The lowest BCUT2D eigenvalue weighted by Gasteiger charge is -2.29. The standard InChI is InChI=1S/C26H30N2O6/c1-16-21(30-3)14-19(15-22(16)31-4)23-17(2)34-26(27-23)24(29)25(32-5)18-6-8-20(9-7-18)28-10-12-33-13-11-28/h6-9,14-15,25H,10-13H2,1-5H3. The van der Waals surface area contributed by atoms with Crippen molar-refractivity contribution in [3.63, 3.8) is 0 Å². The maximum absolute atomic E-state index is 13.3. The number of anilines is 1. The average Bonchev–Trinajstić information content (AvgIpc) is 3.27. The molecule has 1 aromatic heterocycles. The molecule has 8 heteroatoms. The van der Waals surface area contributed by atoms with Gasteiger partial charge in [0.05, 0.1) is 27.4 Å². The zero-order valence-corrected chi connectivity index (χ0v) is 20.2. The van der Waals surface area contributed by atoms with Gasteiger partial charge in [-0.15, -0.1) is 0 Å². The number of carbonyl (C=O) groups is 1. The lowest BCUT2D eigenvalue weighted by atomic mass is 10.0. The highest BCUT2D eigenvalue weighted by atomic mass is 16.5. The first-order valence-corrected chi connectivity index (χ1v) is 11.2. The highest BCUT2D eigenvalue weighted by Crippen LogP contribution is 2.36. The van der Waals surface area contributed by atoms with Gasteiger partial charge in [-0.1, -0.05) is 12.1 Å². The zero-order chi connectivity index (χ0) is 24.2. The molecule has 0 spiro atoms. The highest BCUT2D eigenvalue weighted by Gasteiger charge is 2.28. The van der Waals surface area contributed by atoms with Crippen molar-refractivity contribution in [2.24, 2.45) is 0 Å². The van der Waals surface area contributed by atoms with Crippen molar-refractivity contribution >= 4 is 11.5 Å². The molecule has 0 amide bonds. The lowest BCUT2D eigenvalue weighted by molar-refractivity contribution is 0.0568. The summed E-state index contributed by atoms with van der Waals surface area (Å²) in [6.45, 7) is 6.81. The van der Waals surface area contributed by atoms with Gasteiger partial charge in [-0.25, -0.2) is 4.98 Å². The number of ketones is 1. The first-order valence-electron chi connectivity index (χ1n) is 11.2. The minimum Gasteiger partial charge on any atom is -0.496 e. The molecule has 1 fully saturated rings. The largest absolute Gasteiger partial charge is 0.496 e. The molecule has 0 saturated carbocycles. The van der Waals surface area contributed by atoms with E-state index in [1.54, 1.807) is 21.1 Å². The van der Waals surface area contributed by atoms with Gasteiger partial charge in [0.2, 0.25) is 0 Å². The van der Waals surface area contributed by atoms with E-state index < -0.39 is 6.10 Å². The molecule has 0 aliphatic carbocycles. The van der Waals surface area contributed by atoms with Gasteiger partial charge < -0.3 is 28.3 Å². The van der Waals surface area contributed by atoms with Crippen LogP contribution < -0.4 is 14.4 Å². The number of rotatable bonds is 8. The van der Waals surface area contributed by atoms with E-state index in [2.05, 4.69) is 9.88 Å². The number of benzene rings is 2. The lowest BCUT2D eigenvalue weighted by Crippen LogP contribution is -2.36. The van der Waals surface area contributed by atoms with Gasteiger partial charge in [-0.3, -0.25) is 4.79 Å². The molecule has 0 bridgehead atoms. The number of morpholine rings is 1. The fourth-order valence-corrected chi connectivity index (χ4v) is 4.18. The number of ether oxygens (including phenoxy) is 4. The van der Waals surface area contributed by atoms with Crippen molar-refractivity contribution < 1.29 is 28.2 Å². The van der Waals surface area contributed by atoms with Gasteiger partial charge in [0, 0.05) is 37.0 Å². The number of methoxy groups -OCH3 is 3. The molecule has 34 heavy (non-hydrogen) atoms. The first kappa shape index (κ1) is 23.8. The second kappa shape index (κ2) is 10.3. The zero-order valence-electron chi connectivity index (χ0n) is 20.2. The molecule has 1 atom stereocenters. The molecule has 1 saturated heterocycles. The van der Waals surface area contributed by atoms with E-state index in [1.807, 2.05) is 43.3 Å². The van der Waals surface area contributed by atoms with E-state index in [9.17, 15) is 4.79 Å². The Morgan fingerprint density at radius 3 is 2.18 bits per heavy atom. The van der Waals surface area contributed by atoms with Crippen LogP contribution in [0.2, 0.25) is 0 Å². The monoisotopic (exact) mass is 466 g/mol. The minimum atomic E-state index is -0.827. The van der Waals surface area contributed by atoms with Crippen LogP contribution in [0.4, 0.5) is 5.69 Å². The fourth-order valence-electron chi connectivity index (χ4n) is 4.18. The van der Waals surface area contributed by atoms with Crippen LogP contribution in [-0.4, -0.2) is 58.4 Å². The highest BCUT2D eigenvalue weighted by molar-refractivity contribution is 5.97. The summed E-state index contributed by atoms with van der Waals surface area (Å²) in [6.07, 6.45) is -0.827. The van der Waals surface area contributed by atoms with Crippen LogP contribution in [0.5, 0.6) is 11.5 Å². The third-order valence-electron chi connectivity index (χ3n) is 6.08. The fraction of sp³-hybridized carbons (Fsp3) is 0.385. The SMILES string of the molecule is COc1cc(-c2nc(C(=O)C(OC)c3ccc(N4CCOCC4)cc3)oc2C)cc(OC)c1C. The summed E-state index contributed by atoms with van der Waals surface area (Å²) in [5.41, 5.74) is 4.00. The van der Waals surface area contributed by atoms with Crippen LogP contribution in [0.3, 0.4) is 0 Å². The number of hydrogen-bond acceptors (Lipinski definition) is 8. The Bertz CT molecular complexity index is 1120. The Morgan fingerprint density at radius 1 is 1.00 bits per heavy atom. The molecule has 2 heterocycles. The topological polar surface area (TPSA) is 83.3 Å². The molecule has 1 aliphatic heterocycles. The van der Waals surface area contributed by atoms with E-state index in [0.717, 1.165) is 35.5 Å². The Hall–Kier alpha value is -3.36. The molecule has 2 aromatic carbocycles. The molecular formula is C26H30N2O6. The predicted octanol–water partition coefficient (Wildman–Crippen LogP) is 4.38. The molecule has 8 nitrogen and oxygen atoms in total. The third kappa shape index (κ3) is 4.64. The maximum atomic E-state index is 13.3. The first-order chi connectivity index (χ1) is 16.5. The summed E-state index contributed by atoms with van der Waals surface area (Å²) in [4.78, 5) is 20.1. The Labute approximate surface area is 199 Å². The molecule has 180 valence electrons. The van der Waals surface area contributed by atoms with Crippen LogP contribution in [0, 0.1) is 13.8 Å². The van der Waals surface area contributed by atoms with E-state index in [-0.39, 0.29) is 11.7 Å². The normalized spacial score (nSPS) is 14.7. The Balaban J connectivity index is 1.60. The summed E-state index contributed by atoms with van der Waals surface area (Å²) in [5.74, 6) is 1.51. The minimum absolute atomic E-state index is 0.00452. The number of oxazole rings is 1. The van der Waals surface area contributed by atoms with Gasteiger partial charge >= 0.3 is 0 Å². The maximum Gasteiger partial charge on any atom is 0.267 e. The van der Waals surface area contributed by atoms with Crippen LogP contribution in [-0.2, 0) is 9.47 Å².